The van der Waals surface area contributed by atoms with E-state index >= 15 is 0 Å². The van der Waals surface area contributed by atoms with E-state index in [4.69, 9.17) is 11.5 Å². The van der Waals surface area contributed by atoms with E-state index in [0.29, 0.717) is 12.4 Å². The lowest BCUT2D eigenvalue weighted by molar-refractivity contribution is 0.813. The van der Waals surface area contributed by atoms with E-state index in [-0.39, 0.29) is 5.95 Å². The van der Waals surface area contributed by atoms with Crippen LogP contribution in [0.25, 0.3) is 11.0 Å². The van der Waals surface area contributed by atoms with Crippen molar-refractivity contribution >= 4 is 34.1 Å². The first kappa shape index (κ1) is 10.0. The molecule has 0 unspecified atom stereocenters. The Labute approximate surface area is 101 Å². The van der Waals surface area contributed by atoms with Gasteiger partial charge in [0.1, 0.15) is 5.52 Å². The Morgan fingerprint density at radius 3 is 2.94 bits per heavy atom. The molecule has 0 spiro atoms. The van der Waals surface area contributed by atoms with Crippen LogP contribution in [0, 0.1) is 0 Å². The molecular weight excluding hydrogens is 236 g/mol. The van der Waals surface area contributed by atoms with Crippen molar-refractivity contribution < 1.29 is 0 Å². The topological polar surface area (TPSA) is 95.6 Å². The van der Waals surface area contributed by atoms with Crippen LogP contribution in [-0.2, 0) is 6.54 Å². The normalized spacial score (nSPS) is 11.1. The molecule has 0 saturated carbocycles. The number of nitrogen functional groups attached to an aromatic ring is 2. The summed E-state index contributed by atoms with van der Waals surface area (Å²) in [5.41, 5.74) is 15.8. The van der Waals surface area contributed by atoms with Crippen molar-refractivity contribution in [3.63, 3.8) is 0 Å². The Bertz CT molecular complexity index is 657. The van der Waals surface area contributed by atoms with Gasteiger partial charge in [0.2, 0.25) is 5.95 Å². The van der Waals surface area contributed by atoms with Crippen LogP contribution in [0.4, 0.5) is 11.8 Å². The minimum Gasteiger partial charge on any atom is -0.382 e. The van der Waals surface area contributed by atoms with Gasteiger partial charge in [-0.15, -0.1) is 11.3 Å². The first-order valence-electron chi connectivity index (χ1n) is 4.99. The summed E-state index contributed by atoms with van der Waals surface area (Å²) in [5, 5.41) is 2.00. The summed E-state index contributed by atoms with van der Waals surface area (Å²) in [5.74, 6) is 0.592. The maximum Gasteiger partial charge on any atom is 0.222 e. The summed E-state index contributed by atoms with van der Waals surface area (Å²) in [4.78, 5) is 12.3. The average Bonchev–Trinajstić information content (AvgIpc) is 2.88. The highest BCUT2D eigenvalue weighted by molar-refractivity contribution is 7.07. The second kappa shape index (κ2) is 3.70. The van der Waals surface area contributed by atoms with Gasteiger partial charge in [-0.1, -0.05) is 0 Å². The van der Waals surface area contributed by atoms with E-state index in [2.05, 4.69) is 15.0 Å². The van der Waals surface area contributed by atoms with Crippen LogP contribution >= 0.6 is 11.3 Å². The molecule has 0 atom stereocenters. The van der Waals surface area contributed by atoms with Crippen molar-refractivity contribution in [1.82, 2.24) is 19.5 Å². The molecule has 0 amide bonds. The lowest BCUT2D eigenvalue weighted by Gasteiger charge is -2.04. The largest absolute Gasteiger partial charge is 0.382 e. The Morgan fingerprint density at radius 1 is 1.29 bits per heavy atom. The molecule has 0 aromatic carbocycles. The predicted octanol–water partition coefficient (Wildman–Crippen LogP) is 1.10. The van der Waals surface area contributed by atoms with Crippen LogP contribution < -0.4 is 11.5 Å². The molecule has 3 aromatic heterocycles. The Morgan fingerprint density at radius 2 is 2.18 bits per heavy atom. The molecular formula is C10H10N6S. The van der Waals surface area contributed by atoms with Crippen molar-refractivity contribution in [3.8, 4) is 0 Å². The van der Waals surface area contributed by atoms with E-state index in [1.54, 1.807) is 16.8 Å². The quantitative estimate of drug-likeness (QED) is 0.706. The fourth-order valence-electron chi connectivity index (χ4n) is 1.78. The maximum atomic E-state index is 5.86. The Balaban J connectivity index is 2.12. The lowest BCUT2D eigenvalue weighted by atomic mass is 10.4. The average molecular weight is 246 g/mol. The summed E-state index contributed by atoms with van der Waals surface area (Å²) in [7, 11) is 0. The highest BCUT2D eigenvalue weighted by Gasteiger charge is 2.09. The number of nitrogens with two attached hydrogens (primary N) is 2. The highest BCUT2D eigenvalue weighted by Crippen LogP contribution is 2.21. The van der Waals surface area contributed by atoms with E-state index in [1.165, 1.54) is 0 Å². The number of fused-ring (bicyclic) bond motifs is 1. The summed E-state index contributed by atoms with van der Waals surface area (Å²) in [6.07, 6.45) is 1.91. The molecule has 0 aliphatic heterocycles. The number of rotatable bonds is 2. The smallest absolute Gasteiger partial charge is 0.222 e. The van der Waals surface area contributed by atoms with Crippen molar-refractivity contribution in [2.24, 2.45) is 0 Å². The molecule has 3 aromatic rings. The zero-order valence-electron chi connectivity index (χ0n) is 8.87. The molecule has 3 rings (SSSR count). The molecule has 0 fully saturated rings. The van der Waals surface area contributed by atoms with Gasteiger partial charge in [-0.25, -0.2) is 9.97 Å². The first-order valence-corrected chi connectivity index (χ1v) is 5.93. The summed E-state index contributed by atoms with van der Waals surface area (Å²) in [6.45, 7) is 0.657. The van der Waals surface area contributed by atoms with Crippen LogP contribution in [0.5, 0.6) is 0 Å². The van der Waals surface area contributed by atoms with E-state index < -0.39 is 0 Å². The van der Waals surface area contributed by atoms with Gasteiger partial charge in [-0.05, 0) is 6.07 Å². The number of anilines is 2. The minimum absolute atomic E-state index is 0.196. The number of nitrogens with zero attached hydrogens (tertiary/aromatic N) is 4. The van der Waals surface area contributed by atoms with Gasteiger partial charge >= 0.3 is 0 Å². The maximum absolute atomic E-state index is 5.86. The van der Waals surface area contributed by atoms with Crippen LogP contribution in [-0.4, -0.2) is 19.5 Å². The van der Waals surface area contributed by atoms with Crippen LogP contribution in [0.3, 0.4) is 0 Å². The fourth-order valence-corrected chi connectivity index (χ4v) is 2.33. The van der Waals surface area contributed by atoms with E-state index in [9.17, 15) is 0 Å². The third-order valence-electron chi connectivity index (χ3n) is 2.47. The standard InChI is InChI=1S/C10H10N6S/c11-9-8-7(14-10(12)15-9)1-2-16(8)3-6-4-17-5-13-6/h1-2,4-5H,3H2,(H4,11,12,14,15). The molecule has 6 nitrogen and oxygen atoms in total. The van der Waals surface area contributed by atoms with Gasteiger partial charge in [-0.3, -0.25) is 0 Å². The van der Waals surface area contributed by atoms with Crippen LogP contribution in [0.1, 0.15) is 5.69 Å². The second-order valence-electron chi connectivity index (χ2n) is 3.62. The number of hydrogen-bond donors (Lipinski definition) is 2. The third-order valence-corrected chi connectivity index (χ3v) is 3.11. The van der Waals surface area contributed by atoms with Gasteiger partial charge in [-0.2, -0.15) is 4.98 Å². The second-order valence-corrected chi connectivity index (χ2v) is 4.34. The van der Waals surface area contributed by atoms with Crippen LogP contribution in [0.15, 0.2) is 23.2 Å². The summed E-state index contributed by atoms with van der Waals surface area (Å²) >= 11 is 1.57. The number of thiazole rings is 1. The fraction of sp³-hybridized carbons (Fsp3) is 0.100. The lowest BCUT2D eigenvalue weighted by Crippen LogP contribution is -2.04. The summed E-state index contributed by atoms with van der Waals surface area (Å²) in [6, 6.07) is 1.87. The van der Waals surface area contributed by atoms with Crippen molar-refractivity contribution in [3.05, 3.63) is 28.8 Å². The van der Waals surface area contributed by atoms with Gasteiger partial charge in [0, 0.05) is 11.6 Å². The van der Waals surface area contributed by atoms with Crippen molar-refractivity contribution in [1.29, 1.82) is 0 Å². The monoisotopic (exact) mass is 246 g/mol. The molecule has 4 N–H and O–H groups in total. The van der Waals surface area contributed by atoms with Gasteiger partial charge < -0.3 is 16.0 Å². The zero-order valence-corrected chi connectivity index (χ0v) is 9.68. The zero-order chi connectivity index (χ0) is 11.8. The number of aromatic nitrogens is 4. The van der Waals surface area contributed by atoms with Gasteiger partial charge in [0.15, 0.2) is 5.82 Å². The molecule has 0 radical (unpaired) electrons. The number of hydrogen-bond acceptors (Lipinski definition) is 6. The van der Waals surface area contributed by atoms with Gasteiger partial charge in [0.05, 0.1) is 23.3 Å². The van der Waals surface area contributed by atoms with Crippen molar-refractivity contribution in [2.45, 2.75) is 6.54 Å². The SMILES string of the molecule is Nc1nc(N)c2c(ccn2Cc2cscn2)n1. The van der Waals surface area contributed by atoms with Crippen LogP contribution in [0.2, 0.25) is 0 Å². The molecule has 3 heterocycles. The predicted molar refractivity (Wildman–Crippen MR) is 67.6 cm³/mol. The molecule has 17 heavy (non-hydrogen) atoms. The van der Waals surface area contributed by atoms with E-state index in [0.717, 1.165) is 16.7 Å². The Hall–Kier alpha value is -2.15. The first-order chi connectivity index (χ1) is 8.24. The molecule has 0 saturated heterocycles. The molecule has 0 aliphatic carbocycles. The molecule has 0 aliphatic rings. The molecule has 86 valence electrons. The Kier molecular flexibility index (Phi) is 2.19. The van der Waals surface area contributed by atoms with Gasteiger partial charge in [0.25, 0.3) is 0 Å². The minimum atomic E-state index is 0.196. The summed E-state index contributed by atoms with van der Waals surface area (Å²) < 4.78 is 1.97. The molecule has 7 heteroatoms. The third kappa shape index (κ3) is 1.70. The van der Waals surface area contributed by atoms with E-state index in [1.807, 2.05) is 22.2 Å². The highest BCUT2D eigenvalue weighted by atomic mass is 32.1. The van der Waals surface area contributed by atoms with Crippen molar-refractivity contribution in [2.75, 3.05) is 11.5 Å². The molecule has 0 bridgehead atoms.